The van der Waals surface area contributed by atoms with E-state index in [9.17, 15) is 8.78 Å². The Morgan fingerprint density at radius 3 is 2.10 bits per heavy atom. The van der Waals surface area contributed by atoms with Gasteiger partial charge in [-0.25, -0.2) is 8.78 Å². The predicted octanol–water partition coefficient (Wildman–Crippen LogP) is 4.01. The molecule has 0 spiro atoms. The fourth-order valence-corrected chi connectivity index (χ4v) is 2.84. The van der Waals surface area contributed by atoms with Gasteiger partial charge in [-0.2, -0.15) is 0 Å². The lowest BCUT2D eigenvalue weighted by atomic mass is 9.70. The van der Waals surface area contributed by atoms with Crippen LogP contribution in [-0.2, 0) is 0 Å². The highest BCUT2D eigenvalue weighted by atomic mass is 19.3. The van der Waals surface area contributed by atoms with Gasteiger partial charge in [-0.1, -0.05) is 27.2 Å². The van der Waals surface area contributed by atoms with Gasteiger partial charge in [0.15, 0.2) is 0 Å². The topological polar surface area (TPSA) is 15.3 Å². The molecule has 0 aromatic carbocycles. The van der Waals surface area contributed by atoms with Crippen LogP contribution < -0.4 is 5.32 Å². The SMILES string of the molecule is CC(C)NCC1(C)CCC1.CN(C)CC1CC(F)(F)C1.[HH]. The van der Waals surface area contributed by atoms with Crippen LogP contribution in [-0.4, -0.2) is 44.0 Å². The summed E-state index contributed by atoms with van der Waals surface area (Å²) < 4.78 is 24.4. The summed E-state index contributed by atoms with van der Waals surface area (Å²) in [5.41, 5.74) is 0.643. The zero-order valence-corrected chi connectivity index (χ0v) is 13.8. The highest BCUT2D eigenvalue weighted by Crippen LogP contribution is 2.42. The van der Waals surface area contributed by atoms with E-state index in [4.69, 9.17) is 0 Å². The fourth-order valence-electron chi connectivity index (χ4n) is 2.84. The van der Waals surface area contributed by atoms with Crippen LogP contribution in [0.4, 0.5) is 8.78 Å². The first-order chi connectivity index (χ1) is 9.12. The monoisotopic (exact) mass is 292 g/mol. The molecule has 2 aliphatic carbocycles. The van der Waals surface area contributed by atoms with Gasteiger partial charge in [-0.3, -0.25) is 0 Å². The molecule has 0 heterocycles. The number of alkyl halides is 2. The number of hydrogen-bond donors (Lipinski definition) is 1. The molecule has 2 aliphatic rings. The molecule has 20 heavy (non-hydrogen) atoms. The standard InChI is InChI=1S/C9H19N.C7H13F2N.H2/c1-8(2)10-7-9(3)5-4-6-9;1-10(2)5-6-3-7(8,9)4-6;/h8,10H,4-7H2,1-3H3;6H,3-5H2,1-2H3;1H. The van der Waals surface area contributed by atoms with Crippen molar-refractivity contribution in [2.45, 2.75) is 64.8 Å². The van der Waals surface area contributed by atoms with Crippen LogP contribution >= 0.6 is 0 Å². The van der Waals surface area contributed by atoms with Crippen molar-refractivity contribution >= 4 is 0 Å². The van der Waals surface area contributed by atoms with E-state index in [0.29, 0.717) is 11.5 Å². The van der Waals surface area contributed by atoms with Gasteiger partial charge in [-0.15, -0.1) is 0 Å². The molecule has 0 unspecified atom stereocenters. The average molecular weight is 292 g/mol. The summed E-state index contributed by atoms with van der Waals surface area (Å²) in [5.74, 6) is -2.12. The Kier molecular flexibility index (Phi) is 6.39. The van der Waals surface area contributed by atoms with Crippen molar-refractivity contribution in [3.8, 4) is 0 Å². The van der Waals surface area contributed by atoms with Crippen molar-refractivity contribution in [3.05, 3.63) is 0 Å². The zero-order chi connectivity index (χ0) is 15.4. The van der Waals surface area contributed by atoms with Gasteiger partial charge in [-0.05, 0) is 38.3 Å². The highest BCUT2D eigenvalue weighted by molar-refractivity contribution is 4.87. The van der Waals surface area contributed by atoms with Crippen molar-refractivity contribution in [1.82, 2.24) is 10.2 Å². The first kappa shape index (κ1) is 17.8. The van der Waals surface area contributed by atoms with Crippen LogP contribution in [0.3, 0.4) is 0 Å². The van der Waals surface area contributed by atoms with Crippen molar-refractivity contribution in [2.24, 2.45) is 11.3 Å². The fraction of sp³-hybridized carbons (Fsp3) is 1.00. The average Bonchev–Trinajstić information content (AvgIpc) is 2.21. The summed E-state index contributed by atoms with van der Waals surface area (Å²) in [5, 5.41) is 3.49. The third kappa shape index (κ3) is 6.49. The Morgan fingerprint density at radius 2 is 1.80 bits per heavy atom. The predicted molar refractivity (Wildman–Crippen MR) is 83.4 cm³/mol. The molecule has 0 amide bonds. The first-order valence-corrected chi connectivity index (χ1v) is 7.88. The van der Waals surface area contributed by atoms with Gasteiger partial charge in [0, 0.05) is 33.4 Å². The molecule has 0 bridgehead atoms. The van der Waals surface area contributed by atoms with Gasteiger partial charge in [0.1, 0.15) is 0 Å². The maximum absolute atomic E-state index is 12.2. The van der Waals surface area contributed by atoms with E-state index in [0.717, 1.165) is 6.54 Å². The van der Waals surface area contributed by atoms with E-state index in [2.05, 4.69) is 26.1 Å². The molecule has 2 rings (SSSR count). The molecule has 4 heteroatoms. The van der Waals surface area contributed by atoms with E-state index in [1.165, 1.54) is 25.8 Å². The summed E-state index contributed by atoms with van der Waals surface area (Å²) in [6.07, 6.45) is 4.46. The van der Waals surface area contributed by atoms with Crippen molar-refractivity contribution in [3.63, 3.8) is 0 Å². The lowest BCUT2D eigenvalue weighted by Gasteiger charge is -2.39. The molecule has 0 aliphatic heterocycles. The summed E-state index contributed by atoms with van der Waals surface area (Å²) in [6.45, 7) is 8.82. The first-order valence-electron chi connectivity index (χ1n) is 7.88. The number of nitrogens with one attached hydrogen (secondary N) is 1. The van der Waals surface area contributed by atoms with Crippen LogP contribution in [0.1, 0.15) is 54.3 Å². The molecule has 2 saturated carbocycles. The molecule has 0 radical (unpaired) electrons. The minimum atomic E-state index is -2.35. The van der Waals surface area contributed by atoms with Crippen LogP contribution in [0.2, 0.25) is 0 Å². The molecule has 2 nitrogen and oxygen atoms in total. The number of hydrogen-bond acceptors (Lipinski definition) is 2. The van der Waals surface area contributed by atoms with Crippen molar-refractivity contribution in [1.29, 1.82) is 0 Å². The molecule has 0 aromatic rings. The third-order valence-corrected chi connectivity index (χ3v) is 4.30. The summed E-state index contributed by atoms with van der Waals surface area (Å²) in [6, 6.07) is 0.650. The van der Waals surface area contributed by atoms with E-state index in [1.54, 1.807) is 0 Å². The quantitative estimate of drug-likeness (QED) is 0.823. The Morgan fingerprint density at radius 1 is 1.25 bits per heavy atom. The maximum Gasteiger partial charge on any atom is 0.248 e. The van der Waals surface area contributed by atoms with Crippen LogP contribution in [0.25, 0.3) is 0 Å². The largest absolute Gasteiger partial charge is 0.314 e. The van der Waals surface area contributed by atoms with Gasteiger partial charge >= 0.3 is 0 Å². The molecule has 1 N–H and O–H groups in total. The highest BCUT2D eigenvalue weighted by Gasteiger charge is 2.44. The van der Waals surface area contributed by atoms with Gasteiger partial charge < -0.3 is 10.2 Å². The third-order valence-electron chi connectivity index (χ3n) is 4.30. The Hall–Kier alpha value is -0.220. The van der Waals surface area contributed by atoms with Gasteiger partial charge in [0.2, 0.25) is 5.92 Å². The van der Waals surface area contributed by atoms with Crippen LogP contribution in [0.5, 0.6) is 0 Å². The van der Waals surface area contributed by atoms with Crippen LogP contribution in [0.15, 0.2) is 0 Å². The van der Waals surface area contributed by atoms with Crippen molar-refractivity contribution < 1.29 is 10.2 Å². The maximum atomic E-state index is 12.2. The molecular formula is C16H34F2N2. The normalized spacial score (nSPS) is 23.9. The number of rotatable bonds is 5. The Balaban J connectivity index is 0.000000364. The Labute approximate surface area is 124 Å². The molecule has 0 saturated heterocycles. The van der Waals surface area contributed by atoms with Crippen LogP contribution in [0, 0.1) is 11.3 Å². The second-order valence-corrected chi connectivity index (χ2v) is 7.59. The van der Waals surface area contributed by atoms with E-state index < -0.39 is 5.92 Å². The summed E-state index contributed by atoms with van der Waals surface area (Å²) >= 11 is 0. The zero-order valence-electron chi connectivity index (χ0n) is 13.8. The number of halogens is 2. The molecular weight excluding hydrogens is 258 g/mol. The van der Waals surface area contributed by atoms with Crippen molar-refractivity contribution in [2.75, 3.05) is 27.2 Å². The van der Waals surface area contributed by atoms with E-state index >= 15 is 0 Å². The van der Waals surface area contributed by atoms with E-state index in [1.807, 2.05) is 19.0 Å². The molecule has 122 valence electrons. The number of nitrogens with zero attached hydrogens (tertiary/aromatic N) is 1. The van der Waals surface area contributed by atoms with Gasteiger partial charge in [0.25, 0.3) is 0 Å². The lowest BCUT2D eigenvalue weighted by Crippen LogP contribution is -2.40. The summed E-state index contributed by atoms with van der Waals surface area (Å²) in [7, 11) is 3.83. The smallest absolute Gasteiger partial charge is 0.248 e. The van der Waals surface area contributed by atoms with E-state index in [-0.39, 0.29) is 20.2 Å². The second kappa shape index (κ2) is 7.17. The Bertz CT molecular complexity index is 281. The van der Waals surface area contributed by atoms with Gasteiger partial charge in [0.05, 0.1) is 0 Å². The molecule has 2 fully saturated rings. The second-order valence-electron chi connectivity index (χ2n) is 7.59. The molecule has 0 aromatic heterocycles. The summed E-state index contributed by atoms with van der Waals surface area (Å²) in [4.78, 5) is 1.96. The molecule has 0 atom stereocenters. The minimum absolute atomic E-state index is 0. The minimum Gasteiger partial charge on any atom is -0.314 e. The lowest BCUT2D eigenvalue weighted by molar-refractivity contribution is -0.114.